The van der Waals surface area contributed by atoms with Crippen LogP contribution in [0.15, 0.2) is 24.3 Å². The molecule has 0 heterocycles. The number of Topliss-reactive ketones (excluding diaryl/α,β-unsaturated/α-hetero) is 1. The zero-order valence-corrected chi connectivity index (χ0v) is 10.3. The fourth-order valence-electron chi connectivity index (χ4n) is 1.51. The highest BCUT2D eigenvalue weighted by Crippen LogP contribution is 2.11. The van der Waals surface area contributed by atoms with Crippen molar-refractivity contribution in [2.24, 2.45) is 0 Å². The molecule has 0 N–H and O–H groups in total. The average Bonchev–Trinajstić information content (AvgIpc) is 2.17. The molecular formula is C12H16ClNO2. The van der Waals surface area contributed by atoms with Gasteiger partial charge in [0.2, 0.25) is 0 Å². The van der Waals surface area contributed by atoms with Gasteiger partial charge < -0.3 is 4.74 Å². The molecule has 1 aromatic carbocycles. The Bertz CT molecular complexity index is 355. The fraction of sp³-hybridized carbons (Fsp3) is 0.417. The molecule has 16 heavy (non-hydrogen) atoms. The molecule has 0 bridgehead atoms. The van der Waals surface area contributed by atoms with Crippen LogP contribution in [0.1, 0.15) is 5.56 Å². The van der Waals surface area contributed by atoms with Gasteiger partial charge in [-0.25, -0.2) is 0 Å². The Labute approximate surface area is 101 Å². The average molecular weight is 242 g/mol. The Morgan fingerprint density at radius 3 is 2.88 bits per heavy atom. The van der Waals surface area contributed by atoms with Gasteiger partial charge in [0.15, 0.2) is 5.78 Å². The van der Waals surface area contributed by atoms with Crippen LogP contribution >= 0.6 is 11.6 Å². The number of rotatable bonds is 6. The van der Waals surface area contributed by atoms with Crippen LogP contribution in [0.5, 0.6) is 0 Å². The minimum Gasteiger partial charge on any atom is -0.377 e. The quantitative estimate of drug-likeness (QED) is 0.763. The molecule has 0 radical (unpaired) electrons. The van der Waals surface area contributed by atoms with Crippen molar-refractivity contribution >= 4 is 17.4 Å². The second-order valence-corrected chi connectivity index (χ2v) is 4.21. The third kappa shape index (κ3) is 4.75. The fourth-order valence-corrected chi connectivity index (χ4v) is 1.72. The van der Waals surface area contributed by atoms with Gasteiger partial charge in [0.25, 0.3) is 0 Å². The Balaban J connectivity index is 2.45. The lowest BCUT2D eigenvalue weighted by Crippen LogP contribution is -2.27. The van der Waals surface area contributed by atoms with E-state index in [4.69, 9.17) is 16.3 Å². The predicted octanol–water partition coefficient (Wildman–Crippen LogP) is 1.99. The maximum atomic E-state index is 11.3. The number of halogens is 1. The number of hydrogen-bond acceptors (Lipinski definition) is 3. The highest BCUT2D eigenvalue weighted by molar-refractivity contribution is 6.30. The smallest absolute Gasteiger partial charge is 0.172 e. The number of hydrogen-bond donors (Lipinski definition) is 0. The van der Waals surface area contributed by atoms with E-state index in [1.165, 1.54) is 7.11 Å². The normalized spacial score (nSPS) is 10.8. The minimum atomic E-state index is 0.0760. The molecule has 1 aromatic rings. The van der Waals surface area contributed by atoms with Crippen LogP contribution in [0, 0.1) is 0 Å². The van der Waals surface area contributed by atoms with Gasteiger partial charge in [0.05, 0.1) is 6.54 Å². The number of benzene rings is 1. The monoisotopic (exact) mass is 241 g/mol. The van der Waals surface area contributed by atoms with Gasteiger partial charge in [-0.2, -0.15) is 0 Å². The lowest BCUT2D eigenvalue weighted by Gasteiger charge is -2.15. The molecule has 88 valence electrons. The Hall–Kier alpha value is -0.900. The molecule has 0 aliphatic rings. The van der Waals surface area contributed by atoms with Crippen LogP contribution in [0.25, 0.3) is 0 Å². The van der Waals surface area contributed by atoms with E-state index in [0.717, 1.165) is 5.56 Å². The van der Waals surface area contributed by atoms with Gasteiger partial charge in [-0.05, 0) is 24.7 Å². The maximum absolute atomic E-state index is 11.3. The van der Waals surface area contributed by atoms with Gasteiger partial charge >= 0.3 is 0 Å². The van der Waals surface area contributed by atoms with Crippen molar-refractivity contribution in [1.82, 2.24) is 4.90 Å². The largest absolute Gasteiger partial charge is 0.377 e. The molecule has 0 aromatic heterocycles. The van der Waals surface area contributed by atoms with Crippen molar-refractivity contribution in [3.05, 3.63) is 34.9 Å². The van der Waals surface area contributed by atoms with Crippen LogP contribution in [0.2, 0.25) is 5.02 Å². The summed E-state index contributed by atoms with van der Waals surface area (Å²) in [7, 11) is 3.42. The molecule has 3 nitrogen and oxygen atoms in total. The molecular weight excluding hydrogens is 226 g/mol. The first-order valence-electron chi connectivity index (χ1n) is 5.05. The van der Waals surface area contributed by atoms with Crippen molar-refractivity contribution in [3.63, 3.8) is 0 Å². The van der Waals surface area contributed by atoms with Gasteiger partial charge in [-0.1, -0.05) is 23.7 Å². The second-order valence-electron chi connectivity index (χ2n) is 3.77. The molecule has 0 atom stereocenters. The van der Waals surface area contributed by atoms with Crippen molar-refractivity contribution in [1.29, 1.82) is 0 Å². The summed E-state index contributed by atoms with van der Waals surface area (Å²) in [5, 5.41) is 0.717. The van der Waals surface area contributed by atoms with E-state index in [0.29, 0.717) is 18.1 Å². The molecule has 1 rings (SSSR count). The molecule has 0 amide bonds. The summed E-state index contributed by atoms with van der Waals surface area (Å²) < 4.78 is 4.78. The number of carbonyl (C=O) groups is 1. The van der Waals surface area contributed by atoms with Crippen LogP contribution in [0.3, 0.4) is 0 Å². The van der Waals surface area contributed by atoms with Crippen molar-refractivity contribution in [3.8, 4) is 0 Å². The molecule has 0 spiro atoms. The standard InChI is InChI=1S/C12H16ClNO2/c1-14(8-12(15)9-16-2)7-10-4-3-5-11(13)6-10/h3-6H,7-9H2,1-2H3. The van der Waals surface area contributed by atoms with E-state index >= 15 is 0 Å². The van der Waals surface area contributed by atoms with Gasteiger partial charge in [-0.15, -0.1) is 0 Å². The van der Waals surface area contributed by atoms with E-state index in [1.54, 1.807) is 0 Å². The van der Waals surface area contributed by atoms with Crippen LogP contribution in [-0.4, -0.2) is 38.0 Å². The van der Waals surface area contributed by atoms with Gasteiger partial charge in [0, 0.05) is 18.7 Å². The zero-order chi connectivity index (χ0) is 12.0. The lowest BCUT2D eigenvalue weighted by atomic mass is 10.2. The lowest BCUT2D eigenvalue weighted by molar-refractivity contribution is -0.123. The first-order chi connectivity index (χ1) is 7.61. The zero-order valence-electron chi connectivity index (χ0n) is 9.57. The molecule has 0 saturated carbocycles. The van der Waals surface area contributed by atoms with Crippen molar-refractivity contribution in [2.45, 2.75) is 6.54 Å². The van der Waals surface area contributed by atoms with E-state index in [1.807, 2.05) is 36.2 Å². The minimum absolute atomic E-state index is 0.0760. The van der Waals surface area contributed by atoms with Gasteiger partial charge in [0.1, 0.15) is 6.61 Å². The van der Waals surface area contributed by atoms with Crippen molar-refractivity contribution in [2.75, 3.05) is 27.3 Å². The number of ketones is 1. The number of carbonyl (C=O) groups excluding carboxylic acids is 1. The van der Waals surface area contributed by atoms with Crippen LogP contribution in [-0.2, 0) is 16.1 Å². The summed E-state index contributed by atoms with van der Waals surface area (Å²) in [5.74, 6) is 0.0760. The third-order valence-corrected chi connectivity index (χ3v) is 2.33. The van der Waals surface area contributed by atoms with Gasteiger partial charge in [-0.3, -0.25) is 9.69 Å². The van der Waals surface area contributed by atoms with E-state index in [9.17, 15) is 4.79 Å². The Morgan fingerprint density at radius 2 is 2.25 bits per heavy atom. The maximum Gasteiger partial charge on any atom is 0.172 e. The molecule has 0 fully saturated rings. The summed E-state index contributed by atoms with van der Waals surface area (Å²) in [6.07, 6.45) is 0. The molecule has 0 unspecified atom stereocenters. The third-order valence-electron chi connectivity index (χ3n) is 2.09. The summed E-state index contributed by atoms with van der Waals surface area (Å²) in [6, 6.07) is 7.63. The molecule has 4 heteroatoms. The number of methoxy groups -OCH3 is 1. The van der Waals surface area contributed by atoms with Crippen LogP contribution < -0.4 is 0 Å². The summed E-state index contributed by atoms with van der Waals surface area (Å²) in [5.41, 5.74) is 1.10. The predicted molar refractivity (Wildman–Crippen MR) is 64.7 cm³/mol. The SMILES string of the molecule is COCC(=O)CN(C)Cc1cccc(Cl)c1. The summed E-state index contributed by atoms with van der Waals surface area (Å²) >= 11 is 5.88. The van der Waals surface area contributed by atoms with E-state index < -0.39 is 0 Å². The molecule has 0 aliphatic carbocycles. The Kier molecular flexibility index (Phi) is 5.46. The second kappa shape index (κ2) is 6.63. The van der Waals surface area contributed by atoms with E-state index in [2.05, 4.69) is 0 Å². The molecule has 0 saturated heterocycles. The van der Waals surface area contributed by atoms with Crippen LogP contribution in [0.4, 0.5) is 0 Å². The summed E-state index contributed by atoms with van der Waals surface area (Å²) in [4.78, 5) is 13.3. The number of ether oxygens (including phenoxy) is 1. The van der Waals surface area contributed by atoms with Crippen molar-refractivity contribution < 1.29 is 9.53 Å². The first kappa shape index (κ1) is 13.2. The highest BCUT2D eigenvalue weighted by Gasteiger charge is 2.06. The van der Waals surface area contributed by atoms with E-state index in [-0.39, 0.29) is 12.4 Å². The first-order valence-corrected chi connectivity index (χ1v) is 5.43. The highest BCUT2D eigenvalue weighted by atomic mass is 35.5. The molecule has 0 aliphatic heterocycles. The Morgan fingerprint density at radius 1 is 1.50 bits per heavy atom. The number of likely N-dealkylation sites (N-methyl/N-ethyl adjacent to an activating group) is 1. The number of nitrogens with zero attached hydrogens (tertiary/aromatic N) is 1. The summed E-state index contributed by atoms with van der Waals surface area (Å²) in [6.45, 7) is 1.26. The topological polar surface area (TPSA) is 29.5 Å².